The first kappa shape index (κ1) is 19.9. The molecule has 7 nitrogen and oxygen atoms in total. The van der Waals surface area contributed by atoms with Crippen LogP contribution in [0.3, 0.4) is 0 Å². The van der Waals surface area contributed by atoms with E-state index in [0.717, 1.165) is 12.8 Å². The number of nitrogens with zero attached hydrogens (tertiary/aromatic N) is 4. The Bertz CT molecular complexity index is 1210. The van der Waals surface area contributed by atoms with Gasteiger partial charge in [-0.2, -0.15) is 0 Å². The number of benzene rings is 1. The number of halogens is 1. The van der Waals surface area contributed by atoms with Crippen molar-refractivity contribution < 1.29 is 13.9 Å². The van der Waals surface area contributed by atoms with Gasteiger partial charge in [-0.25, -0.2) is 9.37 Å². The van der Waals surface area contributed by atoms with Gasteiger partial charge in [-0.15, -0.1) is 0 Å². The molecular formula is C22H23FN4O3. The Balaban J connectivity index is 1.76. The smallest absolute Gasteiger partial charge is 0.294 e. The van der Waals surface area contributed by atoms with Crippen molar-refractivity contribution in [2.45, 2.75) is 25.8 Å². The first-order valence-corrected chi connectivity index (χ1v) is 9.84. The topological polar surface area (TPSA) is 68.8 Å². The molecule has 1 atom stereocenters. The lowest BCUT2D eigenvalue weighted by Crippen LogP contribution is -2.36. The first-order chi connectivity index (χ1) is 14.4. The zero-order valence-electron chi connectivity index (χ0n) is 17.1. The van der Waals surface area contributed by atoms with Crippen molar-refractivity contribution in [3.8, 4) is 17.0 Å². The highest BCUT2D eigenvalue weighted by atomic mass is 19.1. The van der Waals surface area contributed by atoms with Crippen molar-refractivity contribution in [1.29, 1.82) is 0 Å². The predicted octanol–water partition coefficient (Wildman–Crippen LogP) is 3.03. The Hall–Kier alpha value is -3.42. The maximum atomic E-state index is 14.6. The van der Waals surface area contributed by atoms with Crippen molar-refractivity contribution in [2.75, 3.05) is 13.7 Å². The molecule has 0 N–H and O–H groups in total. The van der Waals surface area contributed by atoms with E-state index in [1.165, 1.54) is 28.3 Å². The molecule has 4 rings (SSSR count). The highest BCUT2D eigenvalue weighted by Crippen LogP contribution is 2.26. The van der Waals surface area contributed by atoms with E-state index in [1.54, 1.807) is 30.3 Å². The average molecular weight is 410 g/mol. The third-order valence-corrected chi connectivity index (χ3v) is 5.43. The third-order valence-electron chi connectivity index (χ3n) is 5.43. The number of methoxy groups -OCH3 is 1. The number of aromatic nitrogens is 3. The molecule has 0 fully saturated rings. The molecular weight excluding hydrogens is 387 g/mol. The SMILES string of the molecule is CCCC1C=CCN1C(=O)c1cn2cc(-c3ccc(OC)cc3F)n(C)c(=O)c2n1. The molecule has 0 spiro atoms. The normalized spacial score (nSPS) is 15.9. The van der Waals surface area contributed by atoms with Gasteiger partial charge in [0.05, 0.1) is 18.8 Å². The van der Waals surface area contributed by atoms with Crippen LogP contribution >= 0.6 is 0 Å². The van der Waals surface area contributed by atoms with Gasteiger partial charge in [0.1, 0.15) is 17.3 Å². The van der Waals surface area contributed by atoms with Crippen LogP contribution in [0.15, 0.2) is 47.5 Å². The molecule has 1 aliphatic rings. The van der Waals surface area contributed by atoms with Crippen LogP contribution in [0.25, 0.3) is 16.9 Å². The van der Waals surface area contributed by atoms with E-state index in [1.807, 2.05) is 12.2 Å². The highest BCUT2D eigenvalue weighted by molar-refractivity contribution is 5.93. The Morgan fingerprint density at radius 3 is 2.83 bits per heavy atom. The summed E-state index contributed by atoms with van der Waals surface area (Å²) in [5, 5.41) is 0. The summed E-state index contributed by atoms with van der Waals surface area (Å²) in [5.41, 5.74) is 0.537. The van der Waals surface area contributed by atoms with Crippen molar-refractivity contribution >= 4 is 11.6 Å². The molecule has 1 unspecified atom stereocenters. The van der Waals surface area contributed by atoms with Crippen LogP contribution in [0.4, 0.5) is 4.39 Å². The van der Waals surface area contributed by atoms with Gasteiger partial charge in [0.15, 0.2) is 0 Å². The minimum atomic E-state index is -0.509. The number of amides is 1. The van der Waals surface area contributed by atoms with Gasteiger partial charge in [-0.05, 0) is 18.6 Å². The Morgan fingerprint density at radius 1 is 1.33 bits per heavy atom. The molecule has 1 aliphatic heterocycles. The molecule has 30 heavy (non-hydrogen) atoms. The number of ether oxygens (including phenoxy) is 1. The molecule has 0 radical (unpaired) electrons. The van der Waals surface area contributed by atoms with Gasteiger partial charge in [0.25, 0.3) is 11.5 Å². The Morgan fingerprint density at radius 2 is 2.13 bits per heavy atom. The summed E-state index contributed by atoms with van der Waals surface area (Å²) in [7, 11) is 3.01. The van der Waals surface area contributed by atoms with Crippen molar-refractivity contribution in [2.24, 2.45) is 7.05 Å². The highest BCUT2D eigenvalue weighted by Gasteiger charge is 2.27. The van der Waals surface area contributed by atoms with Crippen LogP contribution in [0.1, 0.15) is 30.3 Å². The van der Waals surface area contributed by atoms with Crippen LogP contribution in [0.5, 0.6) is 5.75 Å². The van der Waals surface area contributed by atoms with Gasteiger partial charge in [0.2, 0.25) is 5.65 Å². The molecule has 8 heteroatoms. The molecule has 0 saturated carbocycles. The maximum absolute atomic E-state index is 14.6. The van der Waals surface area contributed by atoms with E-state index in [-0.39, 0.29) is 28.9 Å². The summed E-state index contributed by atoms with van der Waals surface area (Å²) in [6.07, 6.45) is 8.97. The summed E-state index contributed by atoms with van der Waals surface area (Å²) in [4.78, 5) is 31.9. The zero-order valence-corrected chi connectivity index (χ0v) is 17.1. The minimum Gasteiger partial charge on any atom is -0.497 e. The zero-order chi connectivity index (χ0) is 21.4. The maximum Gasteiger partial charge on any atom is 0.294 e. The van der Waals surface area contributed by atoms with E-state index in [0.29, 0.717) is 18.0 Å². The van der Waals surface area contributed by atoms with E-state index in [9.17, 15) is 14.0 Å². The molecule has 156 valence electrons. The first-order valence-electron chi connectivity index (χ1n) is 9.84. The lowest BCUT2D eigenvalue weighted by molar-refractivity contribution is 0.0739. The van der Waals surface area contributed by atoms with E-state index in [4.69, 9.17) is 4.74 Å². The number of carbonyl (C=O) groups is 1. The van der Waals surface area contributed by atoms with Gasteiger partial charge in [-0.1, -0.05) is 25.5 Å². The fraction of sp³-hybridized carbons (Fsp3) is 0.318. The van der Waals surface area contributed by atoms with Crippen molar-refractivity contribution in [3.63, 3.8) is 0 Å². The fourth-order valence-electron chi connectivity index (χ4n) is 3.81. The quantitative estimate of drug-likeness (QED) is 0.607. The summed E-state index contributed by atoms with van der Waals surface area (Å²) in [6.45, 7) is 2.60. The second kappa shape index (κ2) is 7.78. The van der Waals surface area contributed by atoms with E-state index < -0.39 is 11.4 Å². The summed E-state index contributed by atoms with van der Waals surface area (Å²) in [5.74, 6) is -0.342. The van der Waals surface area contributed by atoms with Crippen LogP contribution in [0, 0.1) is 5.82 Å². The van der Waals surface area contributed by atoms with Gasteiger partial charge in [0, 0.05) is 37.6 Å². The fourth-order valence-corrected chi connectivity index (χ4v) is 3.81. The second-order valence-electron chi connectivity index (χ2n) is 7.32. The number of fused-ring (bicyclic) bond motifs is 1. The molecule has 2 aromatic heterocycles. The van der Waals surface area contributed by atoms with Crippen LogP contribution in [0.2, 0.25) is 0 Å². The molecule has 1 aromatic carbocycles. The number of imidazole rings is 1. The van der Waals surface area contributed by atoms with Crippen molar-refractivity contribution in [1.82, 2.24) is 18.9 Å². The molecule has 1 amide bonds. The molecule has 0 aliphatic carbocycles. The van der Waals surface area contributed by atoms with Gasteiger partial charge >= 0.3 is 0 Å². The van der Waals surface area contributed by atoms with Crippen molar-refractivity contribution in [3.05, 3.63) is 64.6 Å². The summed E-state index contributed by atoms with van der Waals surface area (Å²) >= 11 is 0. The third kappa shape index (κ3) is 3.28. The standard InChI is InChI=1S/C22H23FN4O3/c1-4-6-14-7-5-10-27(14)21(28)18-12-26-13-19(25(2)22(29)20(26)24-18)16-9-8-15(30-3)11-17(16)23/h5,7-9,11-14H,4,6,10H2,1-3H3. The Kier molecular flexibility index (Phi) is 5.15. The lowest BCUT2D eigenvalue weighted by Gasteiger charge is -2.23. The largest absolute Gasteiger partial charge is 0.497 e. The van der Waals surface area contributed by atoms with Gasteiger partial charge < -0.3 is 14.2 Å². The van der Waals surface area contributed by atoms with E-state index in [2.05, 4.69) is 11.9 Å². The lowest BCUT2D eigenvalue weighted by atomic mass is 10.1. The monoisotopic (exact) mass is 410 g/mol. The minimum absolute atomic E-state index is 0.0408. The van der Waals surface area contributed by atoms with Gasteiger partial charge in [-0.3, -0.25) is 14.0 Å². The number of carbonyl (C=O) groups excluding carboxylic acids is 1. The Labute approximate surface area is 173 Å². The van der Waals surface area contributed by atoms with Crippen LogP contribution < -0.4 is 10.3 Å². The molecule has 3 aromatic rings. The second-order valence-corrected chi connectivity index (χ2v) is 7.32. The predicted molar refractivity (Wildman–Crippen MR) is 111 cm³/mol. The molecule has 0 saturated heterocycles. The van der Waals surface area contributed by atoms with E-state index >= 15 is 0 Å². The van der Waals surface area contributed by atoms with Crippen LogP contribution in [-0.2, 0) is 7.05 Å². The number of rotatable bonds is 5. The summed E-state index contributed by atoms with van der Waals surface area (Å²) in [6, 6.07) is 4.49. The number of hydrogen-bond acceptors (Lipinski definition) is 4. The molecule has 0 bridgehead atoms. The van der Waals surface area contributed by atoms with Crippen LogP contribution in [-0.4, -0.2) is 44.5 Å². The molecule has 3 heterocycles. The number of hydrogen-bond donors (Lipinski definition) is 0. The average Bonchev–Trinajstić information content (AvgIpc) is 3.38. The summed E-state index contributed by atoms with van der Waals surface area (Å²) < 4.78 is 22.5.